The maximum atomic E-state index is 13.0. The van der Waals surface area contributed by atoms with Crippen LogP contribution >= 0.6 is 11.6 Å². The van der Waals surface area contributed by atoms with Crippen molar-refractivity contribution in [1.82, 2.24) is 9.80 Å². The molecule has 2 heterocycles. The first-order valence-electron chi connectivity index (χ1n) is 9.68. The van der Waals surface area contributed by atoms with Crippen LogP contribution in [0.5, 0.6) is 0 Å². The maximum absolute atomic E-state index is 13.0. The van der Waals surface area contributed by atoms with Gasteiger partial charge < -0.3 is 9.80 Å². The smallest absolute Gasteiger partial charge is 0.260 e. The molecule has 5 nitrogen and oxygen atoms in total. The number of nitrogens with zero attached hydrogens (tertiary/aromatic N) is 3. The van der Waals surface area contributed by atoms with Gasteiger partial charge in [0.2, 0.25) is 0 Å². The number of amides is 2. The summed E-state index contributed by atoms with van der Waals surface area (Å²) in [5.74, 6) is -0.0943. The lowest BCUT2D eigenvalue weighted by atomic mass is 10.1. The molecular formula is C22H24ClN3O2. The molecule has 2 aliphatic heterocycles. The molecule has 0 aliphatic carbocycles. The molecule has 0 saturated carbocycles. The highest BCUT2D eigenvalue weighted by Gasteiger charge is 2.31. The zero-order chi connectivity index (χ0) is 19.8. The standard InChI is InChI=1S/C22H24ClN3O2/c1-15(2)24-9-11-25(12-10-24)21(27)16-5-3-7-18(13-16)26-14-17-6-4-8-19(23)20(17)22(26)28/h3-8,13,15H,9-12,14H2,1-2H3. The summed E-state index contributed by atoms with van der Waals surface area (Å²) in [5, 5.41) is 0.472. The molecule has 2 amide bonds. The predicted octanol–water partition coefficient (Wildman–Crippen LogP) is 3.67. The Bertz CT molecular complexity index is 920. The minimum atomic E-state index is -0.115. The van der Waals surface area contributed by atoms with E-state index in [-0.39, 0.29) is 11.8 Å². The average molecular weight is 398 g/mol. The van der Waals surface area contributed by atoms with Crippen molar-refractivity contribution in [2.24, 2.45) is 0 Å². The van der Waals surface area contributed by atoms with Gasteiger partial charge in [0.1, 0.15) is 0 Å². The molecule has 0 radical (unpaired) electrons. The summed E-state index contributed by atoms with van der Waals surface area (Å²) < 4.78 is 0. The fraction of sp³-hybridized carbons (Fsp3) is 0.364. The summed E-state index contributed by atoms with van der Waals surface area (Å²) in [6.45, 7) is 8.06. The van der Waals surface area contributed by atoms with Crippen molar-refractivity contribution in [3.05, 3.63) is 64.2 Å². The summed E-state index contributed by atoms with van der Waals surface area (Å²) >= 11 is 6.22. The van der Waals surface area contributed by atoms with Crippen molar-refractivity contribution in [3.8, 4) is 0 Å². The number of benzene rings is 2. The Balaban J connectivity index is 1.52. The quantitative estimate of drug-likeness (QED) is 0.793. The van der Waals surface area contributed by atoms with Gasteiger partial charge in [-0.1, -0.05) is 29.8 Å². The van der Waals surface area contributed by atoms with Crippen LogP contribution in [0.1, 0.15) is 40.1 Å². The van der Waals surface area contributed by atoms with E-state index >= 15 is 0 Å². The van der Waals surface area contributed by atoms with Crippen LogP contribution in [-0.4, -0.2) is 53.8 Å². The summed E-state index contributed by atoms with van der Waals surface area (Å²) in [4.78, 5) is 31.8. The Kier molecular flexibility index (Phi) is 5.13. The second-order valence-electron chi connectivity index (χ2n) is 7.64. The van der Waals surface area contributed by atoms with Gasteiger partial charge >= 0.3 is 0 Å². The lowest BCUT2D eigenvalue weighted by Crippen LogP contribution is -2.50. The number of piperazine rings is 1. The molecule has 2 aromatic rings. The van der Waals surface area contributed by atoms with Gasteiger partial charge in [-0.15, -0.1) is 0 Å². The van der Waals surface area contributed by atoms with Crippen molar-refractivity contribution >= 4 is 29.1 Å². The SMILES string of the molecule is CC(C)N1CCN(C(=O)c2cccc(N3Cc4cccc(Cl)c4C3=O)c2)CC1. The molecule has 0 N–H and O–H groups in total. The highest BCUT2D eigenvalue weighted by atomic mass is 35.5. The number of rotatable bonds is 3. The lowest BCUT2D eigenvalue weighted by Gasteiger charge is -2.37. The number of hydrogen-bond acceptors (Lipinski definition) is 3. The van der Waals surface area contributed by atoms with Gasteiger partial charge in [0, 0.05) is 43.5 Å². The summed E-state index contributed by atoms with van der Waals surface area (Å²) in [7, 11) is 0. The second-order valence-corrected chi connectivity index (χ2v) is 8.04. The van der Waals surface area contributed by atoms with Gasteiger partial charge in [-0.2, -0.15) is 0 Å². The third kappa shape index (κ3) is 3.40. The van der Waals surface area contributed by atoms with Gasteiger partial charge in [-0.3, -0.25) is 14.5 Å². The summed E-state index contributed by atoms with van der Waals surface area (Å²) in [6.07, 6.45) is 0. The van der Waals surface area contributed by atoms with E-state index in [1.165, 1.54) is 0 Å². The molecule has 0 aromatic heterocycles. The molecule has 2 aromatic carbocycles. The number of halogens is 1. The zero-order valence-corrected chi connectivity index (χ0v) is 16.9. The van der Waals surface area contributed by atoms with E-state index in [1.54, 1.807) is 11.0 Å². The number of hydrogen-bond donors (Lipinski definition) is 0. The molecule has 0 unspecified atom stereocenters. The van der Waals surface area contributed by atoms with Crippen LogP contribution < -0.4 is 4.90 Å². The Morgan fingerprint density at radius 3 is 2.43 bits per heavy atom. The third-order valence-corrected chi connectivity index (χ3v) is 5.94. The molecule has 0 bridgehead atoms. The van der Waals surface area contributed by atoms with Crippen molar-refractivity contribution in [2.75, 3.05) is 31.1 Å². The molecule has 4 rings (SSSR count). The Morgan fingerprint density at radius 1 is 1.04 bits per heavy atom. The van der Waals surface area contributed by atoms with E-state index in [4.69, 9.17) is 11.6 Å². The predicted molar refractivity (Wildman–Crippen MR) is 111 cm³/mol. The Morgan fingerprint density at radius 2 is 1.75 bits per heavy atom. The van der Waals surface area contributed by atoms with Crippen LogP contribution in [0, 0.1) is 0 Å². The summed E-state index contributed by atoms with van der Waals surface area (Å²) in [6, 6.07) is 13.3. The minimum absolute atomic E-state index is 0.0208. The van der Waals surface area contributed by atoms with Gasteiger partial charge in [0.05, 0.1) is 17.1 Å². The van der Waals surface area contributed by atoms with Crippen LogP contribution in [-0.2, 0) is 6.54 Å². The van der Waals surface area contributed by atoms with Crippen LogP contribution in [0.15, 0.2) is 42.5 Å². The Hall–Kier alpha value is -2.37. The highest BCUT2D eigenvalue weighted by molar-refractivity contribution is 6.35. The first-order valence-corrected chi connectivity index (χ1v) is 10.1. The molecule has 1 fully saturated rings. The van der Waals surface area contributed by atoms with E-state index < -0.39 is 0 Å². The van der Waals surface area contributed by atoms with Crippen LogP contribution in [0.25, 0.3) is 0 Å². The van der Waals surface area contributed by atoms with E-state index in [0.29, 0.717) is 28.7 Å². The molecule has 0 spiro atoms. The number of anilines is 1. The number of carbonyl (C=O) groups is 2. The topological polar surface area (TPSA) is 43.9 Å². The molecule has 146 valence electrons. The van der Waals surface area contributed by atoms with E-state index in [2.05, 4.69) is 18.7 Å². The van der Waals surface area contributed by atoms with Crippen molar-refractivity contribution in [1.29, 1.82) is 0 Å². The first-order chi connectivity index (χ1) is 13.5. The fourth-order valence-corrected chi connectivity index (χ4v) is 4.23. The molecule has 6 heteroatoms. The van der Waals surface area contributed by atoms with E-state index in [1.807, 2.05) is 41.3 Å². The largest absolute Gasteiger partial charge is 0.336 e. The van der Waals surface area contributed by atoms with Gasteiger partial charge in [0.15, 0.2) is 0 Å². The van der Waals surface area contributed by atoms with Gasteiger partial charge in [0.25, 0.3) is 11.8 Å². The van der Waals surface area contributed by atoms with Gasteiger partial charge in [-0.25, -0.2) is 0 Å². The van der Waals surface area contributed by atoms with Crippen molar-refractivity contribution < 1.29 is 9.59 Å². The zero-order valence-electron chi connectivity index (χ0n) is 16.2. The molecular weight excluding hydrogens is 374 g/mol. The monoisotopic (exact) mass is 397 g/mol. The van der Waals surface area contributed by atoms with Crippen LogP contribution in [0.2, 0.25) is 5.02 Å². The second kappa shape index (κ2) is 7.57. The molecule has 2 aliphatic rings. The van der Waals surface area contributed by atoms with E-state index in [9.17, 15) is 9.59 Å². The highest BCUT2D eigenvalue weighted by Crippen LogP contribution is 2.33. The average Bonchev–Trinajstić information content (AvgIpc) is 3.05. The minimum Gasteiger partial charge on any atom is -0.336 e. The summed E-state index contributed by atoms with van der Waals surface area (Å²) in [5.41, 5.74) is 2.82. The third-order valence-electron chi connectivity index (χ3n) is 5.62. The lowest BCUT2D eigenvalue weighted by molar-refractivity contribution is 0.0595. The maximum Gasteiger partial charge on any atom is 0.260 e. The molecule has 0 atom stereocenters. The Labute approximate surface area is 170 Å². The number of carbonyl (C=O) groups excluding carboxylic acids is 2. The van der Waals surface area contributed by atoms with Crippen molar-refractivity contribution in [3.63, 3.8) is 0 Å². The fourth-order valence-electron chi connectivity index (χ4n) is 3.96. The normalized spacial score (nSPS) is 17.4. The van der Waals surface area contributed by atoms with Crippen LogP contribution in [0.4, 0.5) is 5.69 Å². The van der Waals surface area contributed by atoms with Gasteiger partial charge in [-0.05, 0) is 43.7 Å². The van der Waals surface area contributed by atoms with E-state index in [0.717, 1.165) is 37.4 Å². The van der Waals surface area contributed by atoms with Crippen LogP contribution in [0.3, 0.4) is 0 Å². The molecule has 28 heavy (non-hydrogen) atoms. The number of fused-ring (bicyclic) bond motifs is 1. The first kappa shape index (κ1) is 19.0. The molecule has 1 saturated heterocycles. The van der Waals surface area contributed by atoms with Crippen molar-refractivity contribution in [2.45, 2.75) is 26.4 Å².